The van der Waals surface area contributed by atoms with Gasteiger partial charge in [-0.05, 0) is 35.9 Å². The van der Waals surface area contributed by atoms with Crippen molar-refractivity contribution in [2.24, 2.45) is 0 Å². The summed E-state index contributed by atoms with van der Waals surface area (Å²) in [5.41, 5.74) is 4.02. The van der Waals surface area contributed by atoms with Gasteiger partial charge in [-0.1, -0.05) is 36.4 Å². The molecule has 0 aliphatic carbocycles. The number of aromatic nitrogens is 2. The van der Waals surface area contributed by atoms with Gasteiger partial charge in [0, 0.05) is 38.3 Å². The molecule has 1 aliphatic rings. The van der Waals surface area contributed by atoms with Crippen LogP contribution in [0.3, 0.4) is 0 Å². The maximum Gasteiger partial charge on any atom is 0.159 e. The summed E-state index contributed by atoms with van der Waals surface area (Å²) in [6.45, 7) is 5.58. The average Bonchev–Trinajstić information content (AvgIpc) is 3.20. The summed E-state index contributed by atoms with van der Waals surface area (Å²) >= 11 is 0. The summed E-state index contributed by atoms with van der Waals surface area (Å²) < 4.78 is 34.6. The van der Waals surface area contributed by atoms with Gasteiger partial charge in [0.05, 0.1) is 31.2 Å². The second kappa shape index (κ2) is 9.91. The Morgan fingerprint density at radius 1 is 0.794 bits per heavy atom. The van der Waals surface area contributed by atoms with E-state index in [1.54, 1.807) is 13.2 Å². The Labute approximate surface area is 198 Å². The Hall–Kier alpha value is -3.29. The minimum absolute atomic E-state index is 0.622. The Bertz CT molecular complexity index is 1280. The van der Waals surface area contributed by atoms with Crippen molar-refractivity contribution in [3.63, 3.8) is 0 Å². The average molecular weight is 463 g/mol. The van der Waals surface area contributed by atoms with E-state index >= 15 is 0 Å². The first-order valence-electron chi connectivity index (χ1n) is 11.6. The highest BCUT2D eigenvalue weighted by atomic mass is 19.2. The van der Waals surface area contributed by atoms with Crippen LogP contribution in [0.25, 0.3) is 11.0 Å². The van der Waals surface area contributed by atoms with Gasteiger partial charge in [-0.2, -0.15) is 0 Å². The van der Waals surface area contributed by atoms with Crippen molar-refractivity contribution < 1.29 is 13.5 Å². The second-order valence-electron chi connectivity index (χ2n) is 8.72. The van der Waals surface area contributed by atoms with Gasteiger partial charge >= 0.3 is 0 Å². The molecule has 5 nitrogen and oxygen atoms in total. The molecule has 1 saturated heterocycles. The third-order valence-electron chi connectivity index (χ3n) is 6.47. The van der Waals surface area contributed by atoms with E-state index in [9.17, 15) is 8.78 Å². The zero-order valence-electron chi connectivity index (χ0n) is 19.3. The first-order chi connectivity index (χ1) is 16.6. The lowest BCUT2D eigenvalue weighted by molar-refractivity contribution is 0.119. The number of ether oxygens (including phenoxy) is 1. The number of hydrogen-bond donors (Lipinski definition) is 0. The number of piperazine rings is 1. The summed E-state index contributed by atoms with van der Waals surface area (Å²) in [6, 6.07) is 20.5. The monoisotopic (exact) mass is 462 g/mol. The minimum Gasteiger partial charge on any atom is -0.496 e. The lowest BCUT2D eigenvalue weighted by atomic mass is 10.2. The van der Waals surface area contributed by atoms with Crippen molar-refractivity contribution in [1.82, 2.24) is 19.4 Å². The van der Waals surface area contributed by atoms with E-state index < -0.39 is 11.6 Å². The van der Waals surface area contributed by atoms with Gasteiger partial charge < -0.3 is 9.30 Å². The molecule has 1 fully saturated rings. The Morgan fingerprint density at radius 2 is 1.50 bits per heavy atom. The standard InChI is InChI=1S/C27H28F2N4O/c1-34-26-9-5-2-6-21(26)18-33-25-8-4-3-7-24(25)30-27(33)19-32-14-12-31(13-15-32)17-20-10-11-22(28)23(29)16-20/h2-11,16H,12-15,17-19H2,1H3. The van der Waals surface area contributed by atoms with Gasteiger partial charge in [-0.3, -0.25) is 9.80 Å². The van der Waals surface area contributed by atoms with Crippen molar-refractivity contribution >= 4 is 11.0 Å². The predicted octanol–water partition coefficient (Wildman–Crippen LogP) is 4.69. The molecule has 0 atom stereocenters. The number of fused-ring (bicyclic) bond motifs is 1. The Kier molecular flexibility index (Phi) is 6.56. The fourth-order valence-electron chi connectivity index (χ4n) is 4.63. The van der Waals surface area contributed by atoms with E-state index in [2.05, 4.69) is 32.6 Å². The van der Waals surface area contributed by atoms with Crippen LogP contribution in [0.4, 0.5) is 8.78 Å². The maximum absolute atomic E-state index is 13.5. The molecule has 1 aliphatic heterocycles. The first kappa shape index (κ1) is 22.5. The van der Waals surface area contributed by atoms with Gasteiger partial charge in [0.2, 0.25) is 0 Å². The summed E-state index contributed by atoms with van der Waals surface area (Å²) in [5, 5.41) is 0. The van der Waals surface area contributed by atoms with Crippen LogP contribution in [0.15, 0.2) is 66.7 Å². The van der Waals surface area contributed by atoms with Crippen LogP contribution in [0, 0.1) is 11.6 Å². The molecule has 7 heteroatoms. The van der Waals surface area contributed by atoms with Crippen molar-refractivity contribution in [2.75, 3.05) is 33.3 Å². The van der Waals surface area contributed by atoms with Crippen molar-refractivity contribution in [1.29, 1.82) is 0 Å². The molecular weight excluding hydrogens is 434 g/mol. The van der Waals surface area contributed by atoms with Crippen LogP contribution < -0.4 is 4.74 Å². The molecule has 176 valence electrons. The molecule has 1 aromatic heterocycles. The molecule has 0 bridgehead atoms. The molecule has 3 aromatic carbocycles. The van der Waals surface area contributed by atoms with Crippen molar-refractivity contribution in [2.45, 2.75) is 19.6 Å². The molecule has 0 spiro atoms. The highest BCUT2D eigenvalue weighted by Gasteiger charge is 2.21. The normalized spacial score (nSPS) is 15.1. The highest BCUT2D eigenvalue weighted by molar-refractivity contribution is 5.76. The van der Waals surface area contributed by atoms with Gasteiger partial charge in [0.25, 0.3) is 0 Å². The van der Waals surface area contributed by atoms with Gasteiger partial charge in [0.1, 0.15) is 11.6 Å². The fraction of sp³-hybridized carbons (Fsp3) is 0.296. The topological polar surface area (TPSA) is 33.5 Å². The third-order valence-corrected chi connectivity index (χ3v) is 6.47. The molecule has 0 radical (unpaired) electrons. The van der Waals surface area contributed by atoms with Crippen LogP contribution in [0.2, 0.25) is 0 Å². The smallest absolute Gasteiger partial charge is 0.159 e. The molecule has 34 heavy (non-hydrogen) atoms. The number of nitrogens with zero attached hydrogens (tertiary/aromatic N) is 4. The van der Waals surface area contributed by atoms with Gasteiger partial charge in [0.15, 0.2) is 11.6 Å². The van der Waals surface area contributed by atoms with Gasteiger partial charge in [-0.15, -0.1) is 0 Å². The van der Waals surface area contributed by atoms with Crippen molar-refractivity contribution in [3.05, 3.63) is 95.3 Å². The number of para-hydroxylation sites is 3. The predicted molar refractivity (Wildman–Crippen MR) is 129 cm³/mol. The van der Waals surface area contributed by atoms with E-state index in [0.29, 0.717) is 13.1 Å². The molecule has 2 heterocycles. The Morgan fingerprint density at radius 3 is 2.26 bits per heavy atom. The number of imidazole rings is 1. The molecule has 0 N–H and O–H groups in total. The number of benzene rings is 3. The summed E-state index contributed by atoms with van der Waals surface area (Å²) in [6.07, 6.45) is 0. The SMILES string of the molecule is COc1ccccc1Cn1c(CN2CCN(Cc3ccc(F)c(F)c3)CC2)nc2ccccc21. The second-order valence-corrected chi connectivity index (χ2v) is 8.72. The number of methoxy groups -OCH3 is 1. The van der Waals surface area contributed by atoms with Crippen molar-refractivity contribution in [3.8, 4) is 5.75 Å². The zero-order chi connectivity index (χ0) is 23.5. The summed E-state index contributed by atoms with van der Waals surface area (Å²) in [4.78, 5) is 9.64. The van der Waals surface area contributed by atoms with E-state index in [1.165, 1.54) is 12.1 Å². The molecule has 0 saturated carbocycles. The van der Waals surface area contributed by atoms with E-state index in [4.69, 9.17) is 9.72 Å². The van der Waals surface area contributed by atoms with Crippen LogP contribution in [0.5, 0.6) is 5.75 Å². The van der Waals surface area contributed by atoms with Crippen LogP contribution in [0.1, 0.15) is 17.0 Å². The molecule has 4 aromatic rings. The largest absolute Gasteiger partial charge is 0.496 e. The fourth-order valence-corrected chi connectivity index (χ4v) is 4.63. The summed E-state index contributed by atoms with van der Waals surface area (Å²) in [7, 11) is 1.70. The van der Waals surface area contributed by atoms with E-state index in [0.717, 1.165) is 66.5 Å². The van der Waals surface area contributed by atoms with Crippen LogP contribution >= 0.6 is 0 Å². The number of rotatable bonds is 7. The van der Waals surface area contributed by atoms with E-state index in [-0.39, 0.29) is 0 Å². The number of hydrogen-bond acceptors (Lipinski definition) is 4. The highest BCUT2D eigenvalue weighted by Crippen LogP contribution is 2.24. The zero-order valence-corrected chi connectivity index (χ0v) is 19.3. The summed E-state index contributed by atoms with van der Waals surface area (Å²) in [5.74, 6) is 0.313. The lowest BCUT2D eigenvalue weighted by Crippen LogP contribution is -2.45. The van der Waals surface area contributed by atoms with Gasteiger partial charge in [-0.25, -0.2) is 13.8 Å². The lowest BCUT2D eigenvalue weighted by Gasteiger charge is -2.34. The van der Waals surface area contributed by atoms with Crippen LogP contribution in [-0.4, -0.2) is 52.6 Å². The maximum atomic E-state index is 13.5. The molecule has 0 amide bonds. The molecular formula is C27H28F2N4O. The Balaban J connectivity index is 1.29. The first-order valence-corrected chi connectivity index (χ1v) is 11.6. The molecule has 0 unspecified atom stereocenters. The minimum atomic E-state index is -0.801. The molecule has 5 rings (SSSR count). The number of halogens is 2. The quantitative estimate of drug-likeness (QED) is 0.399. The van der Waals surface area contributed by atoms with Crippen LogP contribution in [-0.2, 0) is 19.6 Å². The third kappa shape index (κ3) is 4.81. The van der Waals surface area contributed by atoms with E-state index in [1.807, 2.05) is 30.3 Å².